The lowest BCUT2D eigenvalue weighted by Gasteiger charge is -2.32. The molecule has 0 unspecified atom stereocenters. The minimum Gasteiger partial charge on any atom is -0.351 e. The molecule has 1 saturated carbocycles. The number of hydrogen-bond acceptors (Lipinski definition) is 6. The number of anilines is 1. The standard InChI is InChI=1S/C28H29FN6O2S/c1-18-7-5-10-23(19(18)2)35(26(24-11-6-16-38-24)28(37)30-22-8-3-4-9-22)25(36)17-34-32-27(31-33-34)20-12-14-21(29)15-13-20/h5-7,10-16,22,26H,3-4,8-9,17H2,1-2H3,(H,30,37)/t26-/m0/s1. The number of rotatable bonds is 8. The number of thiophene rings is 1. The van der Waals surface area contributed by atoms with Gasteiger partial charge in [-0.3, -0.25) is 14.5 Å². The molecule has 1 fully saturated rings. The number of amides is 2. The van der Waals surface area contributed by atoms with Gasteiger partial charge >= 0.3 is 0 Å². The highest BCUT2D eigenvalue weighted by atomic mass is 32.1. The maximum atomic E-state index is 14.0. The number of carbonyl (C=O) groups is 2. The first-order valence-corrected chi connectivity index (χ1v) is 13.5. The van der Waals surface area contributed by atoms with Crippen LogP contribution in [0.15, 0.2) is 60.0 Å². The molecule has 0 spiro atoms. The van der Waals surface area contributed by atoms with Gasteiger partial charge in [0.15, 0.2) is 0 Å². The van der Waals surface area contributed by atoms with E-state index in [9.17, 15) is 14.0 Å². The van der Waals surface area contributed by atoms with Crippen molar-refractivity contribution < 1.29 is 14.0 Å². The lowest BCUT2D eigenvalue weighted by molar-refractivity contribution is -0.127. The molecule has 2 heterocycles. The highest BCUT2D eigenvalue weighted by molar-refractivity contribution is 7.10. The lowest BCUT2D eigenvalue weighted by Crippen LogP contribution is -2.47. The van der Waals surface area contributed by atoms with Crippen molar-refractivity contribution >= 4 is 28.8 Å². The van der Waals surface area contributed by atoms with Crippen molar-refractivity contribution in [2.24, 2.45) is 0 Å². The monoisotopic (exact) mass is 532 g/mol. The third-order valence-electron chi connectivity index (χ3n) is 6.96. The predicted molar refractivity (Wildman–Crippen MR) is 144 cm³/mol. The van der Waals surface area contributed by atoms with Crippen molar-refractivity contribution in [3.63, 3.8) is 0 Å². The second-order valence-corrected chi connectivity index (χ2v) is 10.5. The Labute approximate surface area is 224 Å². The van der Waals surface area contributed by atoms with Crippen molar-refractivity contribution in [1.29, 1.82) is 0 Å². The van der Waals surface area contributed by atoms with Gasteiger partial charge in [-0.05, 0) is 84.8 Å². The molecule has 1 atom stereocenters. The summed E-state index contributed by atoms with van der Waals surface area (Å²) in [7, 11) is 0. The molecule has 5 rings (SSSR count). The number of hydrogen-bond donors (Lipinski definition) is 1. The van der Waals surface area contributed by atoms with Crippen LogP contribution in [0, 0.1) is 19.7 Å². The van der Waals surface area contributed by atoms with E-state index in [4.69, 9.17) is 0 Å². The lowest BCUT2D eigenvalue weighted by atomic mass is 10.0. The fraction of sp³-hybridized carbons (Fsp3) is 0.321. The molecule has 1 N–H and O–H groups in total. The minimum atomic E-state index is -0.844. The zero-order valence-corrected chi connectivity index (χ0v) is 22.1. The highest BCUT2D eigenvalue weighted by Crippen LogP contribution is 2.34. The van der Waals surface area contributed by atoms with E-state index in [-0.39, 0.29) is 36.0 Å². The second kappa shape index (κ2) is 11.2. The predicted octanol–water partition coefficient (Wildman–Crippen LogP) is 4.99. The van der Waals surface area contributed by atoms with Crippen LogP contribution >= 0.6 is 11.3 Å². The molecule has 0 aliphatic heterocycles. The normalized spacial score (nSPS) is 14.4. The molecule has 2 aromatic heterocycles. The van der Waals surface area contributed by atoms with Crippen LogP contribution in [-0.4, -0.2) is 38.1 Å². The van der Waals surface area contributed by atoms with E-state index < -0.39 is 6.04 Å². The van der Waals surface area contributed by atoms with Gasteiger partial charge in [-0.2, -0.15) is 4.80 Å². The fourth-order valence-corrected chi connectivity index (χ4v) is 5.62. The van der Waals surface area contributed by atoms with Gasteiger partial charge in [-0.1, -0.05) is 31.0 Å². The van der Waals surface area contributed by atoms with Gasteiger partial charge in [0.25, 0.3) is 5.91 Å². The number of aryl methyl sites for hydroxylation is 1. The summed E-state index contributed by atoms with van der Waals surface area (Å²) < 4.78 is 13.3. The van der Waals surface area contributed by atoms with Crippen molar-refractivity contribution in [3.8, 4) is 11.4 Å². The third-order valence-corrected chi connectivity index (χ3v) is 7.88. The summed E-state index contributed by atoms with van der Waals surface area (Å²) in [4.78, 5) is 31.4. The summed E-state index contributed by atoms with van der Waals surface area (Å²) in [5, 5.41) is 17.5. The molecular formula is C28H29FN6O2S. The number of nitrogens with one attached hydrogen (secondary N) is 1. The maximum Gasteiger partial charge on any atom is 0.251 e. The van der Waals surface area contributed by atoms with Gasteiger partial charge in [0.05, 0.1) is 0 Å². The van der Waals surface area contributed by atoms with E-state index in [1.807, 2.05) is 49.6 Å². The summed E-state index contributed by atoms with van der Waals surface area (Å²) in [6.45, 7) is 3.71. The van der Waals surface area contributed by atoms with Crippen molar-refractivity contribution in [1.82, 2.24) is 25.5 Å². The summed E-state index contributed by atoms with van der Waals surface area (Å²) in [5.41, 5.74) is 3.17. The number of tetrazole rings is 1. The Bertz CT molecular complexity index is 1410. The summed E-state index contributed by atoms with van der Waals surface area (Å²) in [5.74, 6) is -0.630. The quantitative estimate of drug-likeness (QED) is 0.345. The van der Waals surface area contributed by atoms with E-state index in [2.05, 4.69) is 20.7 Å². The fourth-order valence-electron chi connectivity index (χ4n) is 4.81. The van der Waals surface area contributed by atoms with Crippen LogP contribution in [0.4, 0.5) is 10.1 Å². The number of halogens is 1. The van der Waals surface area contributed by atoms with Gasteiger partial charge in [-0.25, -0.2) is 4.39 Å². The zero-order chi connectivity index (χ0) is 26.6. The molecule has 0 saturated heterocycles. The number of benzene rings is 2. The van der Waals surface area contributed by atoms with E-state index in [1.165, 1.54) is 28.3 Å². The molecule has 4 aromatic rings. The largest absolute Gasteiger partial charge is 0.351 e. The Balaban J connectivity index is 1.50. The molecular weight excluding hydrogens is 503 g/mol. The van der Waals surface area contributed by atoms with Crippen LogP contribution in [0.3, 0.4) is 0 Å². The van der Waals surface area contributed by atoms with Gasteiger partial charge in [0.1, 0.15) is 18.4 Å². The van der Waals surface area contributed by atoms with E-state index >= 15 is 0 Å². The molecule has 10 heteroatoms. The molecule has 196 valence electrons. The average molecular weight is 533 g/mol. The van der Waals surface area contributed by atoms with Crippen LogP contribution in [0.5, 0.6) is 0 Å². The molecule has 2 aromatic carbocycles. The Morgan fingerprint density at radius 2 is 1.87 bits per heavy atom. The Morgan fingerprint density at radius 1 is 1.11 bits per heavy atom. The first kappa shape index (κ1) is 25.7. The molecule has 1 aliphatic carbocycles. The van der Waals surface area contributed by atoms with Crippen LogP contribution in [0.2, 0.25) is 0 Å². The number of carbonyl (C=O) groups excluding carboxylic acids is 2. The van der Waals surface area contributed by atoms with E-state index in [1.54, 1.807) is 17.0 Å². The molecule has 2 amide bonds. The number of nitrogens with zero attached hydrogens (tertiary/aromatic N) is 5. The average Bonchev–Trinajstić information content (AvgIpc) is 3.69. The van der Waals surface area contributed by atoms with Crippen LogP contribution in [0.1, 0.15) is 47.7 Å². The first-order valence-electron chi connectivity index (χ1n) is 12.7. The smallest absolute Gasteiger partial charge is 0.251 e. The van der Waals surface area contributed by atoms with Crippen LogP contribution < -0.4 is 10.2 Å². The van der Waals surface area contributed by atoms with Gasteiger partial charge < -0.3 is 5.32 Å². The molecule has 38 heavy (non-hydrogen) atoms. The first-order chi connectivity index (χ1) is 18.4. The summed E-state index contributed by atoms with van der Waals surface area (Å²) in [6, 6.07) is 14.5. The van der Waals surface area contributed by atoms with Gasteiger partial charge in [0, 0.05) is 22.2 Å². The second-order valence-electron chi connectivity index (χ2n) is 9.54. The Kier molecular flexibility index (Phi) is 7.59. The van der Waals surface area contributed by atoms with E-state index in [0.717, 1.165) is 41.7 Å². The van der Waals surface area contributed by atoms with Gasteiger partial charge in [0.2, 0.25) is 11.7 Å². The van der Waals surface area contributed by atoms with Crippen LogP contribution in [0.25, 0.3) is 11.4 Å². The van der Waals surface area contributed by atoms with Crippen LogP contribution in [-0.2, 0) is 16.1 Å². The van der Waals surface area contributed by atoms with E-state index in [0.29, 0.717) is 11.3 Å². The number of aromatic nitrogens is 4. The third kappa shape index (κ3) is 5.50. The summed E-state index contributed by atoms with van der Waals surface area (Å²) in [6.07, 6.45) is 4.05. The highest BCUT2D eigenvalue weighted by Gasteiger charge is 2.36. The molecule has 0 bridgehead atoms. The molecule has 0 radical (unpaired) electrons. The Morgan fingerprint density at radius 3 is 2.58 bits per heavy atom. The summed E-state index contributed by atoms with van der Waals surface area (Å²) >= 11 is 1.44. The molecule has 1 aliphatic rings. The van der Waals surface area contributed by atoms with Crippen molar-refractivity contribution in [3.05, 3.63) is 81.8 Å². The SMILES string of the molecule is Cc1cccc(N(C(=O)Cn2nnc(-c3ccc(F)cc3)n2)[C@H](C(=O)NC2CCCC2)c2cccs2)c1C. The van der Waals surface area contributed by atoms with Crippen molar-refractivity contribution in [2.75, 3.05) is 4.90 Å². The maximum absolute atomic E-state index is 14.0. The molecule has 8 nitrogen and oxygen atoms in total. The topological polar surface area (TPSA) is 93.0 Å². The van der Waals surface area contributed by atoms with Gasteiger partial charge in [-0.15, -0.1) is 21.5 Å². The zero-order valence-electron chi connectivity index (χ0n) is 21.3. The minimum absolute atomic E-state index is 0.107. The Hall–Kier alpha value is -3.92. The van der Waals surface area contributed by atoms with Crippen molar-refractivity contribution in [2.45, 2.75) is 58.2 Å².